The zero-order valence-corrected chi connectivity index (χ0v) is 23.0. The van der Waals surface area contributed by atoms with Crippen molar-refractivity contribution in [1.29, 1.82) is 0 Å². The summed E-state index contributed by atoms with van der Waals surface area (Å²) in [5, 5.41) is 15.4. The molecule has 35 heavy (non-hydrogen) atoms. The number of nitrogens with zero attached hydrogens (tertiary/aromatic N) is 2. The van der Waals surface area contributed by atoms with Crippen LogP contribution >= 0.6 is 51.0 Å². The maximum Gasteiger partial charge on any atom is 0.335 e. The lowest BCUT2D eigenvalue weighted by Gasteiger charge is -2.29. The highest BCUT2D eigenvalue weighted by molar-refractivity contribution is 9.11. The minimum Gasteiger partial charge on any atom is -0.478 e. The third-order valence-corrected chi connectivity index (χ3v) is 8.23. The Morgan fingerprint density at radius 2 is 1.94 bits per heavy atom. The lowest BCUT2D eigenvalue weighted by atomic mass is 10.1. The lowest BCUT2D eigenvalue weighted by molar-refractivity contribution is 0.0696. The summed E-state index contributed by atoms with van der Waals surface area (Å²) >= 11 is 6.01. The molecule has 4 rings (SSSR count). The molecule has 0 fully saturated rings. The molecule has 0 aliphatic carbocycles. The highest BCUT2D eigenvalue weighted by Crippen LogP contribution is 2.28. The number of nitrogens with one attached hydrogen (secondary N) is 2. The molecule has 0 spiro atoms. The van der Waals surface area contributed by atoms with E-state index in [2.05, 4.69) is 50.3 Å². The van der Waals surface area contributed by atoms with E-state index in [1.807, 2.05) is 0 Å². The van der Waals surface area contributed by atoms with Gasteiger partial charge in [-0.1, -0.05) is 6.07 Å². The highest BCUT2D eigenvalue weighted by Gasteiger charge is 2.25. The average molecular weight is 600 g/mol. The predicted molar refractivity (Wildman–Crippen MR) is 143 cm³/mol. The lowest BCUT2D eigenvalue weighted by Crippen LogP contribution is -2.35. The number of amides is 2. The number of aromatic carboxylic acids is 1. The molecule has 2 amide bonds. The fraction of sp³-hybridized carbons (Fsp3) is 0.304. The van der Waals surface area contributed by atoms with Crippen LogP contribution in [0.3, 0.4) is 0 Å². The maximum atomic E-state index is 13.0. The molecule has 3 heterocycles. The van der Waals surface area contributed by atoms with E-state index in [0.29, 0.717) is 27.2 Å². The summed E-state index contributed by atoms with van der Waals surface area (Å²) in [6, 6.07) is 8.36. The topological polar surface area (TPSA) is 112 Å². The van der Waals surface area contributed by atoms with Gasteiger partial charge in [0.25, 0.3) is 11.8 Å². The van der Waals surface area contributed by atoms with Gasteiger partial charge in [0, 0.05) is 42.7 Å². The van der Waals surface area contributed by atoms with Crippen LogP contribution in [-0.2, 0) is 19.5 Å². The van der Waals surface area contributed by atoms with Gasteiger partial charge in [-0.2, -0.15) is 0 Å². The van der Waals surface area contributed by atoms with Gasteiger partial charge in [0.1, 0.15) is 0 Å². The number of benzene rings is 1. The van der Waals surface area contributed by atoms with Gasteiger partial charge in [0.15, 0.2) is 5.01 Å². The SMILES string of the molecule is CC(C)N1CCc2nc(C(=O)Nc3cc(C(=O)O)ccc3CNC(=O)c3ccc(Br)s3)sc2C1.Cl. The van der Waals surface area contributed by atoms with E-state index in [1.54, 1.807) is 18.2 Å². The zero-order valence-electron chi connectivity index (χ0n) is 19.0. The summed E-state index contributed by atoms with van der Waals surface area (Å²) in [5.74, 6) is -1.75. The normalized spacial score (nSPS) is 13.1. The van der Waals surface area contributed by atoms with Gasteiger partial charge in [-0.05, 0) is 59.6 Å². The van der Waals surface area contributed by atoms with Crippen LogP contribution in [0.2, 0.25) is 0 Å². The number of thiazole rings is 1. The van der Waals surface area contributed by atoms with Crippen LogP contribution < -0.4 is 10.6 Å². The molecular weight excluding hydrogens is 576 g/mol. The number of hydrogen-bond acceptors (Lipinski definition) is 7. The molecular formula is C23H24BrClN4O4S2. The minimum atomic E-state index is -1.10. The van der Waals surface area contributed by atoms with Crippen molar-refractivity contribution in [1.82, 2.24) is 15.2 Å². The molecule has 1 aromatic carbocycles. The quantitative estimate of drug-likeness (QED) is 0.351. The fourth-order valence-electron chi connectivity index (χ4n) is 3.61. The molecule has 0 saturated carbocycles. The van der Waals surface area contributed by atoms with Gasteiger partial charge in [-0.15, -0.1) is 35.1 Å². The standard InChI is InChI=1S/C23H23BrN4O4S2.ClH/c1-12(2)28-8-7-15-18(11-28)34-22(27-15)21(30)26-16-9-13(23(31)32)3-4-14(16)10-25-20(29)17-5-6-19(24)33-17;/h3-6,9,12H,7-8,10-11H2,1-2H3,(H,25,29)(H,26,30)(H,31,32);1H. The fourth-order valence-corrected chi connectivity index (χ4v) is 5.94. The first-order chi connectivity index (χ1) is 16.2. The molecule has 12 heteroatoms. The average Bonchev–Trinajstić information content (AvgIpc) is 3.43. The van der Waals surface area contributed by atoms with E-state index >= 15 is 0 Å². The van der Waals surface area contributed by atoms with Crippen molar-refractivity contribution in [3.05, 3.63) is 65.7 Å². The second kappa shape index (κ2) is 11.6. The summed E-state index contributed by atoms with van der Waals surface area (Å²) in [6.45, 7) is 6.09. The van der Waals surface area contributed by atoms with Crippen molar-refractivity contribution in [3.63, 3.8) is 0 Å². The zero-order chi connectivity index (χ0) is 24.4. The molecule has 1 aliphatic heterocycles. The molecule has 8 nitrogen and oxygen atoms in total. The Hall–Kier alpha value is -2.31. The number of fused-ring (bicyclic) bond motifs is 1. The third kappa shape index (κ3) is 6.47. The second-order valence-electron chi connectivity index (χ2n) is 8.12. The van der Waals surface area contributed by atoms with Crippen molar-refractivity contribution in [2.45, 2.75) is 39.4 Å². The van der Waals surface area contributed by atoms with E-state index < -0.39 is 11.9 Å². The van der Waals surface area contributed by atoms with E-state index in [9.17, 15) is 19.5 Å². The van der Waals surface area contributed by atoms with Crippen molar-refractivity contribution in [3.8, 4) is 0 Å². The van der Waals surface area contributed by atoms with Gasteiger partial charge in [0.05, 0.1) is 19.9 Å². The van der Waals surface area contributed by atoms with Crippen molar-refractivity contribution in [2.24, 2.45) is 0 Å². The predicted octanol–water partition coefficient (Wildman–Crippen LogP) is 5.04. The summed E-state index contributed by atoms with van der Waals surface area (Å²) in [5.41, 5.74) is 1.91. The molecule has 0 unspecified atom stereocenters. The van der Waals surface area contributed by atoms with Gasteiger partial charge < -0.3 is 15.7 Å². The van der Waals surface area contributed by atoms with Crippen LogP contribution in [0.1, 0.15) is 59.8 Å². The third-order valence-electron chi connectivity index (χ3n) is 5.53. The molecule has 0 radical (unpaired) electrons. The van der Waals surface area contributed by atoms with E-state index in [-0.39, 0.29) is 30.4 Å². The number of hydrogen-bond donors (Lipinski definition) is 3. The number of carboxylic acid groups (broad SMARTS) is 1. The summed E-state index contributed by atoms with van der Waals surface area (Å²) in [7, 11) is 0. The first kappa shape index (κ1) is 27.3. The van der Waals surface area contributed by atoms with Gasteiger partial charge in [-0.3, -0.25) is 14.5 Å². The van der Waals surface area contributed by atoms with E-state index in [4.69, 9.17) is 0 Å². The molecule has 0 bridgehead atoms. The van der Waals surface area contributed by atoms with Gasteiger partial charge >= 0.3 is 5.97 Å². The number of halogens is 2. The number of thiophene rings is 1. The van der Waals surface area contributed by atoms with Crippen molar-refractivity contribution in [2.75, 3.05) is 11.9 Å². The van der Waals surface area contributed by atoms with Crippen LogP contribution in [0.5, 0.6) is 0 Å². The number of carboxylic acids is 1. The van der Waals surface area contributed by atoms with E-state index in [1.165, 1.54) is 34.8 Å². The number of carbonyl (C=O) groups is 3. The Bertz CT molecular complexity index is 1260. The number of aromatic nitrogens is 1. The van der Waals surface area contributed by atoms with Crippen molar-refractivity contribution < 1.29 is 19.5 Å². The van der Waals surface area contributed by atoms with Crippen LogP contribution in [0.25, 0.3) is 0 Å². The number of carbonyl (C=O) groups excluding carboxylic acids is 2. The second-order valence-corrected chi connectivity index (χ2v) is 11.7. The minimum absolute atomic E-state index is 0. The Morgan fingerprint density at radius 1 is 1.17 bits per heavy atom. The Labute approximate surface area is 225 Å². The van der Waals surface area contributed by atoms with Crippen LogP contribution in [0.4, 0.5) is 5.69 Å². The molecule has 186 valence electrons. The summed E-state index contributed by atoms with van der Waals surface area (Å²) < 4.78 is 0.846. The molecule has 2 aromatic heterocycles. The summed E-state index contributed by atoms with van der Waals surface area (Å²) in [6.07, 6.45) is 0.794. The highest BCUT2D eigenvalue weighted by atomic mass is 79.9. The molecule has 3 aromatic rings. The van der Waals surface area contributed by atoms with E-state index in [0.717, 1.165) is 33.9 Å². The molecule has 3 N–H and O–H groups in total. The molecule has 0 saturated heterocycles. The monoisotopic (exact) mass is 598 g/mol. The van der Waals surface area contributed by atoms with Gasteiger partial charge in [-0.25, -0.2) is 9.78 Å². The van der Waals surface area contributed by atoms with Crippen LogP contribution in [0, 0.1) is 0 Å². The number of anilines is 1. The Morgan fingerprint density at radius 3 is 2.60 bits per heavy atom. The summed E-state index contributed by atoms with van der Waals surface area (Å²) in [4.78, 5) is 45.5. The number of rotatable bonds is 7. The first-order valence-electron chi connectivity index (χ1n) is 10.6. The largest absolute Gasteiger partial charge is 0.478 e. The smallest absolute Gasteiger partial charge is 0.335 e. The first-order valence-corrected chi connectivity index (χ1v) is 13.1. The maximum absolute atomic E-state index is 13.0. The Balaban J connectivity index is 0.00000342. The molecule has 0 atom stereocenters. The van der Waals surface area contributed by atoms with Crippen LogP contribution in [0.15, 0.2) is 34.1 Å². The van der Waals surface area contributed by atoms with Crippen molar-refractivity contribution >= 4 is 74.5 Å². The molecule has 1 aliphatic rings. The Kier molecular flexibility index (Phi) is 9.05. The van der Waals surface area contributed by atoms with Crippen LogP contribution in [-0.4, -0.2) is 45.4 Å². The van der Waals surface area contributed by atoms with Gasteiger partial charge in [0.2, 0.25) is 0 Å².